The standard InChI is InChI=1S/C20H25Cl2N3O4/c1-29-20(28)13-4-7-24(8-5-13)15-6-9-25(12-15)18(26)11-23-19(27)14-2-3-16(21)17(22)10-14/h2-3,10,13,15H,4-9,11-12H2,1H3,(H,23,27). The molecule has 0 radical (unpaired) electrons. The van der Waals surface area contributed by atoms with Gasteiger partial charge in [0.25, 0.3) is 5.91 Å². The van der Waals surface area contributed by atoms with Crippen LogP contribution in [0.4, 0.5) is 0 Å². The van der Waals surface area contributed by atoms with Crippen LogP contribution in [-0.4, -0.2) is 73.5 Å². The summed E-state index contributed by atoms with van der Waals surface area (Å²) >= 11 is 11.8. The fraction of sp³-hybridized carbons (Fsp3) is 0.550. The molecule has 3 rings (SSSR count). The first kappa shape index (κ1) is 21.9. The third kappa shape index (κ3) is 5.41. The molecule has 0 spiro atoms. The number of likely N-dealkylation sites (tertiary alicyclic amines) is 2. The maximum Gasteiger partial charge on any atom is 0.308 e. The van der Waals surface area contributed by atoms with Crippen LogP contribution < -0.4 is 5.32 Å². The predicted octanol–water partition coefficient (Wildman–Crippen LogP) is 2.21. The van der Waals surface area contributed by atoms with E-state index in [4.69, 9.17) is 27.9 Å². The zero-order valence-electron chi connectivity index (χ0n) is 16.3. The van der Waals surface area contributed by atoms with Crippen molar-refractivity contribution in [1.29, 1.82) is 0 Å². The molecule has 1 aromatic rings. The Bertz CT molecular complexity index is 781. The fourth-order valence-electron chi connectivity index (χ4n) is 3.94. The molecule has 1 atom stereocenters. The molecule has 2 fully saturated rings. The summed E-state index contributed by atoms with van der Waals surface area (Å²) in [6.45, 7) is 2.92. The van der Waals surface area contributed by atoms with Gasteiger partial charge in [0.1, 0.15) is 0 Å². The summed E-state index contributed by atoms with van der Waals surface area (Å²) in [5, 5.41) is 3.31. The van der Waals surface area contributed by atoms with Crippen LogP contribution in [0.15, 0.2) is 18.2 Å². The van der Waals surface area contributed by atoms with E-state index in [2.05, 4.69) is 10.2 Å². The Morgan fingerprint density at radius 1 is 1.10 bits per heavy atom. The van der Waals surface area contributed by atoms with Crippen LogP contribution in [0.5, 0.6) is 0 Å². The molecule has 1 N–H and O–H groups in total. The molecule has 158 valence electrons. The molecule has 2 saturated heterocycles. The summed E-state index contributed by atoms with van der Waals surface area (Å²) in [6.07, 6.45) is 2.48. The average molecular weight is 442 g/mol. The zero-order valence-corrected chi connectivity index (χ0v) is 17.8. The molecule has 2 amide bonds. The van der Waals surface area contributed by atoms with E-state index < -0.39 is 0 Å². The number of carbonyl (C=O) groups excluding carboxylic acids is 3. The van der Waals surface area contributed by atoms with Gasteiger partial charge in [0.15, 0.2) is 0 Å². The molecule has 2 aliphatic rings. The smallest absolute Gasteiger partial charge is 0.308 e. The lowest BCUT2D eigenvalue weighted by atomic mass is 9.96. The van der Waals surface area contributed by atoms with Crippen molar-refractivity contribution in [2.45, 2.75) is 25.3 Å². The zero-order chi connectivity index (χ0) is 21.0. The van der Waals surface area contributed by atoms with Crippen molar-refractivity contribution in [3.8, 4) is 0 Å². The third-order valence-corrected chi connectivity index (χ3v) is 6.42. The molecule has 1 aromatic carbocycles. The number of benzene rings is 1. The molecular weight excluding hydrogens is 417 g/mol. The van der Waals surface area contributed by atoms with Gasteiger partial charge in [0, 0.05) is 24.7 Å². The molecule has 9 heteroatoms. The first-order chi connectivity index (χ1) is 13.9. The fourth-order valence-corrected chi connectivity index (χ4v) is 4.24. The van der Waals surface area contributed by atoms with Gasteiger partial charge in [0.2, 0.25) is 5.91 Å². The van der Waals surface area contributed by atoms with E-state index in [1.54, 1.807) is 17.0 Å². The quantitative estimate of drug-likeness (QED) is 0.708. The van der Waals surface area contributed by atoms with E-state index in [1.807, 2.05) is 0 Å². The summed E-state index contributed by atoms with van der Waals surface area (Å²) < 4.78 is 4.83. The Kier molecular flexibility index (Phi) is 7.38. The Hall–Kier alpha value is -1.83. The summed E-state index contributed by atoms with van der Waals surface area (Å²) in [7, 11) is 1.43. The molecule has 29 heavy (non-hydrogen) atoms. The van der Waals surface area contributed by atoms with E-state index in [0.29, 0.717) is 34.7 Å². The van der Waals surface area contributed by atoms with Gasteiger partial charge in [-0.3, -0.25) is 19.3 Å². The molecule has 2 heterocycles. The van der Waals surface area contributed by atoms with Gasteiger partial charge >= 0.3 is 5.97 Å². The number of ether oxygens (including phenoxy) is 1. The number of hydrogen-bond acceptors (Lipinski definition) is 5. The highest BCUT2D eigenvalue weighted by Gasteiger charge is 2.34. The van der Waals surface area contributed by atoms with Crippen LogP contribution in [0.1, 0.15) is 29.6 Å². The van der Waals surface area contributed by atoms with Crippen LogP contribution in [-0.2, 0) is 14.3 Å². The second-order valence-corrected chi connectivity index (χ2v) is 8.24. The summed E-state index contributed by atoms with van der Waals surface area (Å²) in [5.41, 5.74) is 0.361. The number of halogens is 2. The normalized spacial score (nSPS) is 20.5. The lowest BCUT2D eigenvalue weighted by molar-refractivity contribution is -0.147. The van der Waals surface area contributed by atoms with E-state index in [0.717, 1.165) is 32.4 Å². The lowest BCUT2D eigenvalue weighted by Gasteiger charge is -2.34. The lowest BCUT2D eigenvalue weighted by Crippen LogP contribution is -2.45. The number of esters is 1. The molecule has 0 aliphatic carbocycles. The van der Waals surface area contributed by atoms with Crippen LogP contribution in [0.2, 0.25) is 10.0 Å². The second-order valence-electron chi connectivity index (χ2n) is 7.43. The van der Waals surface area contributed by atoms with E-state index in [9.17, 15) is 14.4 Å². The number of rotatable bonds is 5. The van der Waals surface area contributed by atoms with Crippen molar-refractivity contribution in [2.24, 2.45) is 5.92 Å². The highest BCUT2D eigenvalue weighted by molar-refractivity contribution is 6.42. The Morgan fingerprint density at radius 2 is 1.83 bits per heavy atom. The number of nitrogens with zero attached hydrogens (tertiary/aromatic N) is 2. The number of methoxy groups -OCH3 is 1. The highest BCUT2D eigenvalue weighted by Crippen LogP contribution is 2.24. The summed E-state index contributed by atoms with van der Waals surface area (Å²) in [5.74, 6) is -0.625. The Balaban J connectivity index is 1.44. The van der Waals surface area contributed by atoms with Crippen molar-refractivity contribution in [1.82, 2.24) is 15.1 Å². The minimum Gasteiger partial charge on any atom is -0.469 e. The minimum atomic E-state index is -0.363. The molecule has 0 saturated carbocycles. The topological polar surface area (TPSA) is 79.0 Å². The van der Waals surface area contributed by atoms with Gasteiger partial charge in [-0.25, -0.2) is 0 Å². The molecule has 2 aliphatic heterocycles. The molecule has 0 aromatic heterocycles. The van der Waals surface area contributed by atoms with E-state index >= 15 is 0 Å². The van der Waals surface area contributed by atoms with Crippen molar-refractivity contribution in [3.63, 3.8) is 0 Å². The Labute approximate surface area is 180 Å². The van der Waals surface area contributed by atoms with Gasteiger partial charge in [0.05, 0.1) is 29.6 Å². The third-order valence-electron chi connectivity index (χ3n) is 5.68. The van der Waals surface area contributed by atoms with Crippen molar-refractivity contribution in [3.05, 3.63) is 33.8 Å². The van der Waals surface area contributed by atoms with Gasteiger partial charge < -0.3 is 15.0 Å². The second kappa shape index (κ2) is 9.78. The monoisotopic (exact) mass is 441 g/mol. The summed E-state index contributed by atoms with van der Waals surface area (Å²) in [4.78, 5) is 40.5. The first-order valence-corrected chi connectivity index (χ1v) is 10.5. The van der Waals surface area contributed by atoms with Crippen LogP contribution in [0.3, 0.4) is 0 Å². The van der Waals surface area contributed by atoms with Crippen molar-refractivity contribution >= 4 is 41.0 Å². The van der Waals surface area contributed by atoms with E-state index in [-0.39, 0.29) is 30.2 Å². The Morgan fingerprint density at radius 3 is 2.48 bits per heavy atom. The van der Waals surface area contributed by atoms with Crippen LogP contribution in [0, 0.1) is 5.92 Å². The summed E-state index contributed by atoms with van der Waals surface area (Å²) in [6, 6.07) is 4.89. The van der Waals surface area contributed by atoms with Gasteiger partial charge in [-0.05, 0) is 50.6 Å². The van der Waals surface area contributed by atoms with Gasteiger partial charge in [-0.1, -0.05) is 23.2 Å². The SMILES string of the molecule is COC(=O)C1CCN(C2CCN(C(=O)CNC(=O)c3ccc(Cl)c(Cl)c3)C2)CC1. The molecule has 7 nitrogen and oxygen atoms in total. The maximum absolute atomic E-state index is 12.5. The number of hydrogen-bond donors (Lipinski definition) is 1. The van der Waals surface area contributed by atoms with Crippen molar-refractivity contribution in [2.75, 3.05) is 39.8 Å². The number of piperidine rings is 1. The van der Waals surface area contributed by atoms with Crippen LogP contribution >= 0.6 is 23.2 Å². The van der Waals surface area contributed by atoms with Crippen LogP contribution in [0.25, 0.3) is 0 Å². The number of nitrogens with one attached hydrogen (secondary N) is 1. The van der Waals surface area contributed by atoms with Crippen molar-refractivity contribution < 1.29 is 19.1 Å². The number of amides is 2. The predicted molar refractivity (Wildman–Crippen MR) is 110 cm³/mol. The van der Waals surface area contributed by atoms with Gasteiger partial charge in [-0.2, -0.15) is 0 Å². The number of carbonyl (C=O) groups is 3. The highest BCUT2D eigenvalue weighted by atomic mass is 35.5. The largest absolute Gasteiger partial charge is 0.469 e. The molecule has 1 unspecified atom stereocenters. The minimum absolute atomic E-state index is 0.0213. The molecule has 0 bridgehead atoms. The van der Waals surface area contributed by atoms with E-state index in [1.165, 1.54) is 13.2 Å². The first-order valence-electron chi connectivity index (χ1n) is 9.72. The average Bonchev–Trinajstić information content (AvgIpc) is 3.23. The maximum atomic E-state index is 12.5. The van der Waals surface area contributed by atoms with Gasteiger partial charge in [-0.15, -0.1) is 0 Å². The molecular formula is C20H25Cl2N3O4.